The van der Waals surface area contributed by atoms with Crippen molar-refractivity contribution < 1.29 is 22.7 Å². The Morgan fingerprint density at radius 2 is 1.94 bits per heavy atom. The number of aryl methyl sites for hydroxylation is 1. The molecular formula is C22H19ClN4O5S2. The normalized spacial score (nSPS) is 16.9. The molecule has 2 aromatic carbocycles. The summed E-state index contributed by atoms with van der Waals surface area (Å²) < 4.78 is 34.6. The summed E-state index contributed by atoms with van der Waals surface area (Å²) in [6.07, 6.45) is 2.44. The number of amides is 1. The van der Waals surface area contributed by atoms with Crippen molar-refractivity contribution in [3.8, 4) is 11.5 Å². The second kappa shape index (κ2) is 9.61. The van der Waals surface area contributed by atoms with Gasteiger partial charge in [-0.3, -0.25) is 10.2 Å². The molecule has 12 heteroatoms. The van der Waals surface area contributed by atoms with Crippen molar-refractivity contribution in [3.63, 3.8) is 0 Å². The molecule has 2 aromatic rings. The molecule has 34 heavy (non-hydrogen) atoms. The highest BCUT2D eigenvalue weighted by Crippen LogP contribution is 2.31. The predicted octanol–water partition coefficient (Wildman–Crippen LogP) is 3.73. The number of nitrogens with one attached hydrogen (secondary N) is 1. The van der Waals surface area contributed by atoms with Crippen molar-refractivity contribution >= 4 is 60.6 Å². The monoisotopic (exact) mass is 518 g/mol. The highest BCUT2D eigenvalue weighted by atomic mass is 35.5. The van der Waals surface area contributed by atoms with Crippen LogP contribution in [0.4, 0.5) is 0 Å². The third-order valence-corrected chi connectivity index (χ3v) is 7.49. The molecule has 0 fully saturated rings. The van der Waals surface area contributed by atoms with Crippen molar-refractivity contribution in [2.75, 3.05) is 19.5 Å². The number of hydrogen-bond acceptors (Lipinski definition) is 8. The van der Waals surface area contributed by atoms with Crippen LogP contribution in [0.3, 0.4) is 0 Å². The molecule has 0 saturated heterocycles. The van der Waals surface area contributed by atoms with Crippen molar-refractivity contribution in [2.45, 2.75) is 6.92 Å². The zero-order valence-electron chi connectivity index (χ0n) is 18.1. The summed E-state index contributed by atoms with van der Waals surface area (Å²) in [4.78, 5) is 16.3. The van der Waals surface area contributed by atoms with Crippen molar-refractivity contribution in [1.29, 1.82) is 5.41 Å². The van der Waals surface area contributed by atoms with Gasteiger partial charge in [0, 0.05) is 6.26 Å². The van der Waals surface area contributed by atoms with E-state index in [1.54, 1.807) is 18.2 Å². The number of aliphatic imine (C=N–C) groups is 1. The van der Waals surface area contributed by atoms with Crippen LogP contribution in [0.25, 0.3) is 6.08 Å². The number of hydrogen-bond donors (Lipinski definition) is 1. The first kappa shape index (κ1) is 24.0. The lowest BCUT2D eigenvalue weighted by molar-refractivity contribution is -0.114. The molecule has 0 atom stereocenters. The van der Waals surface area contributed by atoms with Gasteiger partial charge in [0.2, 0.25) is 19.4 Å². The van der Waals surface area contributed by atoms with Crippen molar-refractivity contribution in [1.82, 2.24) is 5.01 Å². The summed E-state index contributed by atoms with van der Waals surface area (Å²) in [6, 6.07) is 12.6. The molecule has 4 rings (SSSR count). The van der Waals surface area contributed by atoms with Gasteiger partial charge in [0.15, 0.2) is 5.84 Å². The molecule has 0 spiro atoms. The van der Waals surface area contributed by atoms with Crippen LogP contribution in [0.15, 0.2) is 58.1 Å². The first-order valence-corrected chi connectivity index (χ1v) is 13.0. The fourth-order valence-corrected chi connectivity index (χ4v) is 4.96. The Morgan fingerprint density at radius 3 is 2.65 bits per heavy atom. The Kier molecular flexibility index (Phi) is 6.78. The summed E-state index contributed by atoms with van der Waals surface area (Å²) >= 11 is 7.06. The molecular weight excluding hydrogens is 500 g/mol. The highest BCUT2D eigenvalue weighted by Gasteiger charge is 2.38. The second-order valence-electron chi connectivity index (χ2n) is 7.36. The molecule has 2 aliphatic heterocycles. The van der Waals surface area contributed by atoms with Gasteiger partial charge in [-0.15, -0.1) is 5.10 Å². The largest absolute Gasteiger partial charge is 0.490 e. The number of carbonyl (C=O) groups is 1. The maximum atomic E-state index is 12.5. The molecule has 1 N–H and O–H groups in total. The number of fused-ring (bicyclic) bond motifs is 1. The summed E-state index contributed by atoms with van der Waals surface area (Å²) in [6.45, 7) is 2.60. The zero-order chi connectivity index (χ0) is 24.5. The van der Waals surface area contributed by atoms with Crippen molar-refractivity contribution in [2.24, 2.45) is 10.1 Å². The number of carbonyl (C=O) groups excluding carboxylic acids is 1. The Morgan fingerprint density at radius 1 is 1.18 bits per heavy atom. The van der Waals surface area contributed by atoms with Crippen LogP contribution in [0.1, 0.15) is 11.1 Å². The molecule has 1 amide bonds. The summed E-state index contributed by atoms with van der Waals surface area (Å²) in [5.74, 6) is 0.260. The predicted molar refractivity (Wildman–Crippen MR) is 133 cm³/mol. The molecule has 9 nitrogen and oxygen atoms in total. The lowest BCUT2D eigenvalue weighted by Crippen LogP contribution is -2.35. The van der Waals surface area contributed by atoms with E-state index in [9.17, 15) is 13.2 Å². The van der Waals surface area contributed by atoms with Crippen LogP contribution < -0.4 is 9.47 Å². The molecule has 2 heterocycles. The van der Waals surface area contributed by atoms with Crippen LogP contribution in [-0.4, -0.2) is 54.2 Å². The van der Waals surface area contributed by atoms with Gasteiger partial charge in [-0.2, -0.15) is 10.0 Å². The van der Waals surface area contributed by atoms with E-state index < -0.39 is 15.7 Å². The molecule has 2 aliphatic rings. The van der Waals surface area contributed by atoms with Gasteiger partial charge in [-0.25, -0.2) is 8.42 Å². The lowest BCUT2D eigenvalue weighted by Gasteiger charge is -2.20. The van der Waals surface area contributed by atoms with Crippen LogP contribution in [0, 0.1) is 12.3 Å². The molecule has 0 bridgehead atoms. The van der Waals surface area contributed by atoms with E-state index in [2.05, 4.69) is 10.1 Å². The number of amidine groups is 2. The van der Waals surface area contributed by atoms with Crippen LogP contribution in [0.2, 0.25) is 5.02 Å². The van der Waals surface area contributed by atoms with E-state index >= 15 is 0 Å². The second-order valence-corrected chi connectivity index (χ2v) is 10.9. The number of hydrazone groups is 1. The van der Waals surface area contributed by atoms with E-state index in [0.717, 1.165) is 34.3 Å². The average molecular weight is 519 g/mol. The summed E-state index contributed by atoms with van der Waals surface area (Å²) in [7, 11) is -3.59. The first-order valence-electron chi connectivity index (χ1n) is 9.94. The van der Waals surface area contributed by atoms with E-state index in [0.29, 0.717) is 22.9 Å². The third-order valence-electron chi connectivity index (χ3n) is 4.62. The molecule has 0 aliphatic carbocycles. The van der Waals surface area contributed by atoms with Gasteiger partial charge < -0.3 is 9.47 Å². The van der Waals surface area contributed by atoms with Crippen LogP contribution in [0.5, 0.6) is 11.5 Å². The maximum absolute atomic E-state index is 12.5. The fraction of sp³-hybridized carbons (Fsp3) is 0.182. The molecule has 176 valence electrons. The average Bonchev–Trinajstić information content (AvgIpc) is 3.20. The van der Waals surface area contributed by atoms with Gasteiger partial charge in [0.05, 0.1) is 10.6 Å². The van der Waals surface area contributed by atoms with E-state index in [1.165, 1.54) is 6.08 Å². The van der Waals surface area contributed by atoms with Crippen LogP contribution in [-0.2, 0) is 14.6 Å². The quantitative estimate of drug-likeness (QED) is 0.456. The number of sulfone groups is 1. The SMILES string of the molecule is Cc1cccc(OCCOc2ccc(/C=C3\C(=N)N4N=C(S(C)(=O)=O)SC4=NC3=O)cc2Cl)c1. The minimum Gasteiger partial charge on any atom is -0.490 e. The highest BCUT2D eigenvalue weighted by molar-refractivity contribution is 8.42. The minimum absolute atomic E-state index is 0.0298. The standard InChI is InChI=1S/C22H19ClN4O5S2/c1-13-4-3-5-15(10-13)31-8-9-32-18-7-6-14(12-17(18)23)11-16-19(24)27-21(25-20(16)28)33-22(26-27)34(2,29)30/h3-7,10-12,24H,8-9H2,1-2H3/b16-11+,24-19?. The van der Waals surface area contributed by atoms with Gasteiger partial charge >= 0.3 is 0 Å². The number of ether oxygens (including phenoxy) is 2. The van der Waals surface area contributed by atoms with E-state index in [4.69, 9.17) is 26.5 Å². The molecule has 0 aromatic heterocycles. The number of halogens is 1. The Labute approximate surface area is 205 Å². The molecule has 0 unspecified atom stereocenters. The Balaban J connectivity index is 1.43. The molecule has 0 radical (unpaired) electrons. The van der Waals surface area contributed by atoms with Crippen LogP contribution >= 0.6 is 23.4 Å². The number of rotatable bonds is 6. The van der Waals surface area contributed by atoms with Gasteiger partial charge in [0.1, 0.15) is 24.7 Å². The van der Waals surface area contributed by atoms with E-state index in [-0.39, 0.29) is 27.6 Å². The Bertz CT molecular complexity index is 1390. The van der Waals surface area contributed by atoms with Gasteiger partial charge in [-0.1, -0.05) is 29.8 Å². The summed E-state index contributed by atoms with van der Waals surface area (Å²) in [5.41, 5.74) is 1.60. The van der Waals surface area contributed by atoms with E-state index in [1.807, 2.05) is 31.2 Å². The number of nitrogens with zero attached hydrogens (tertiary/aromatic N) is 3. The zero-order valence-corrected chi connectivity index (χ0v) is 20.5. The number of benzene rings is 2. The summed E-state index contributed by atoms with van der Waals surface area (Å²) in [5, 5.41) is 13.6. The fourth-order valence-electron chi connectivity index (χ4n) is 3.03. The third kappa shape index (κ3) is 5.32. The first-order chi connectivity index (χ1) is 16.1. The lowest BCUT2D eigenvalue weighted by atomic mass is 10.1. The topological polar surface area (TPSA) is 121 Å². The minimum atomic E-state index is -3.59. The Hall–Kier alpha value is -3.15. The smallest absolute Gasteiger partial charge is 0.283 e. The number of thioether (sulfide) groups is 1. The van der Waals surface area contributed by atoms with Gasteiger partial charge in [0.25, 0.3) is 5.91 Å². The molecule has 0 saturated carbocycles. The van der Waals surface area contributed by atoms with Crippen molar-refractivity contribution in [3.05, 3.63) is 64.2 Å². The van der Waals surface area contributed by atoms with Gasteiger partial charge in [-0.05, 0) is 60.2 Å². The maximum Gasteiger partial charge on any atom is 0.283 e.